The molecule has 1 aromatic carbocycles. The van der Waals surface area contributed by atoms with E-state index in [0.717, 1.165) is 35.7 Å². The van der Waals surface area contributed by atoms with Crippen molar-refractivity contribution in [2.75, 3.05) is 16.4 Å². The Bertz CT molecular complexity index is 855. The van der Waals surface area contributed by atoms with Crippen molar-refractivity contribution in [3.05, 3.63) is 54.0 Å². The molecule has 0 aliphatic carbocycles. The Morgan fingerprint density at radius 3 is 2.96 bits per heavy atom. The number of carbonyl (C=O) groups is 1. The predicted molar refractivity (Wildman–Crippen MR) is 91.7 cm³/mol. The van der Waals surface area contributed by atoms with Gasteiger partial charge in [-0.1, -0.05) is 23.1 Å². The number of nitrogens with zero attached hydrogens (tertiary/aromatic N) is 2. The van der Waals surface area contributed by atoms with Crippen molar-refractivity contribution in [2.45, 2.75) is 10.9 Å². The summed E-state index contributed by atoms with van der Waals surface area (Å²) in [7, 11) is 0. The molecule has 25 heavy (non-hydrogen) atoms. The lowest BCUT2D eigenvalue weighted by atomic mass is 10.3. The summed E-state index contributed by atoms with van der Waals surface area (Å²) in [6.07, 6.45) is 1.58. The number of thioether (sulfide) groups is 1. The highest BCUT2D eigenvalue weighted by molar-refractivity contribution is 8.01. The second-order valence-corrected chi connectivity index (χ2v) is 6.97. The van der Waals surface area contributed by atoms with E-state index in [0.29, 0.717) is 16.0 Å². The number of hydrogen-bond donors (Lipinski definition) is 2. The molecule has 0 atom stereocenters. The Balaban J connectivity index is 1.48. The van der Waals surface area contributed by atoms with Gasteiger partial charge in [0, 0.05) is 6.07 Å². The van der Waals surface area contributed by atoms with Gasteiger partial charge in [0.15, 0.2) is 4.34 Å². The molecule has 3 rings (SSSR count). The number of aromatic nitrogens is 2. The van der Waals surface area contributed by atoms with E-state index in [1.165, 1.54) is 11.3 Å². The minimum atomic E-state index is -0.694. The molecule has 0 saturated carbocycles. The van der Waals surface area contributed by atoms with Crippen LogP contribution in [0.15, 0.2) is 45.4 Å². The summed E-state index contributed by atoms with van der Waals surface area (Å²) in [6.45, 7) is 0.478. The number of hydrogen-bond acceptors (Lipinski definition) is 7. The van der Waals surface area contributed by atoms with Gasteiger partial charge in [0.2, 0.25) is 11.0 Å². The summed E-state index contributed by atoms with van der Waals surface area (Å²) in [5, 5.41) is 13.9. The van der Waals surface area contributed by atoms with E-state index in [4.69, 9.17) is 4.42 Å². The second-order valence-electron chi connectivity index (χ2n) is 4.77. The minimum Gasteiger partial charge on any atom is -0.467 e. The van der Waals surface area contributed by atoms with Crippen molar-refractivity contribution in [3.63, 3.8) is 0 Å². The fourth-order valence-electron chi connectivity index (χ4n) is 1.82. The summed E-state index contributed by atoms with van der Waals surface area (Å²) in [6, 6.07) is 6.50. The van der Waals surface area contributed by atoms with Gasteiger partial charge in [-0.15, -0.1) is 10.2 Å². The highest BCUT2D eigenvalue weighted by Gasteiger charge is 2.11. The minimum absolute atomic E-state index is 0.00275. The van der Waals surface area contributed by atoms with Crippen molar-refractivity contribution in [1.29, 1.82) is 0 Å². The van der Waals surface area contributed by atoms with E-state index in [1.54, 1.807) is 12.3 Å². The normalized spacial score (nSPS) is 10.6. The first-order valence-electron chi connectivity index (χ1n) is 7.07. The van der Waals surface area contributed by atoms with Gasteiger partial charge >= 0.3 is 0 Å². The monoisotopic (exact) mass is 382 g/mol. The SMILES string of the molecule is O=C(CSc1nnc(NCc2ccco2)s1)Nc1cc(F)ccc1F. The number of amides is 1. The Hall–Kier alpha value is -2.46. The molecule has 2 aromatic heterocycles. The Labute approximate surface area is 149 Å². The van der Waals surface area contributed by atoms with Crippen molar-refractivity contribution in [3.8, 4) is 0 Å². The van der Waals surface area contributed by atoms with E-state index >= 15 is 0 Å². The summed E-state index contributed by atoms with van der Waals surface area (Å²) in [4.78, 5) is 11.8. The molecule has 0 bridgehead atoms. The molecule has 2 heterocycles. The third kappa shape index (κ3) is 5.00. The number of furan rings is 1. The molecule has 6 nitrogen and oxygen atoms in total. The van der Waals surface area contributed by atoms with Crippen LogP contribution in [0.1, 0.15) is 5.76 Å². The van der Waals surface area contributed by atoms with Gasteiger partial charge in [-0.25, -0.2) is 8.78 Å². The van der Waals surface area contributed by atoms with Crippen LogP contribution in [0.3, 0.4) is 0 Å². The largest absolute Gasteiger partial charge is 0.467 e. The van der Waals surface area contributed by atoms with Crippen LogP contribution in [0.25, 0.3) is 0 Å². The van der Waals surface area contributed by atoms with Gasteiger partial charge in [-0.2, -0.15) is 0 Å². The summed E-state index contributed by atoms with van der Waals surface area (Å²) in [5.74, 6) is -1.01. The molecule has 1 amide bonds. The van der Waals surface area contributed by atoms with Crippen molar-refractivity contribution in [2.24, 2.45) is 0 Å². The smallest absolute Gasteiger partial charge is 0.234 e. The molecule has 2 N–H and O–H groups in total. The summed E-state index contributed by atoms with van der Waals surface area (Å²) in [5.41, 5.74) is -0.191. The lowest BCUT2D eigenvalue weighted by Crippen LogP contribution is -2.15. The number of benzene rings is 1. The molecule has 3 aromatic rings. The lowest BCUT2D eigenvalue weighted by molar-refractivity contribution is -0.113. The van der Waals surface area contributed by atoms with Crippen LogP contribution < -0.4 is 10.6 Å². The third-order valence-corrected chi connectivity index (χ3v) is 4.94. The van der Waals surface area contributed by atoms with Crippen LogP contribution in [0.2, 0.25) is 0 Å². The number of anilines is 2. The second kappa shape index (κ2) is 8.08. The maximum Gasteiger partial charge on any atom is 0.234 e. The first kappa shape index (κ1) is 17.4. The first-order chi connectivity index (χ1) is 12.1. The summed E-state index contributed by atoms with van der Waals surface area (Å²) >= 11 is 2.44. The van der Waals surface area contributed by atoms with E-state index in [-0.39, 0.29) is 11.4 Å². The van der Waals surface area contributed by atoms with Gasteiger partial charge in [-0.05, 0) is 24.3 Å². The zero-order valence-electron chi connectivity index (χ0n) is 12.7. The summed E-state index contributed by atoms with van der Waals surface area (Å²) < 4.78 is 32.3. The van der Waals surface area contributed by atoms with Gasteiger partial charge in [-0.3, -0.25) is 4.79 Å². The maximum atomic E-state index is 13.5. The molecule has 0 radical (unpaired) electrons. The van der Waals surface area contributed by atoms with Crippen LogP contribution in [-0.2, 0) is 11.3 Å². The Morgan fingerprint density at radius 1 is 1.28 bits per heavy atom. The van der Waals surface area contributed by atoms with Gasteiger partial charge < -0.3 is 15.1 Å². The van der Waals surface area contributed by atoms with Gasteiger partial charge in [0.1, 0.15) is 17.4 Å². The lowest BCUT2D eigenvalue weighted by Gasteiger charge is -2.05. The highest BCUT2D eigenvalue weighted by atomic mass is 32.2. The average molecular weight is 382 g/mol. The van der Waals surface area contributed by atoms with Crippen molar-refractivity contribution in [1.82, 2.24) is 10.2 Å². The molecule has 0 spiro atoms. The van der Waals surface area contributed by atoms with E-state index < -0.39 is 17.5 Å². The topological polar surface area (TPSA) is 80.1 Å². The van der Waals surface area contributed by atoms with E-state index in [9.17, 15) is 13.6 Å². The fourth-order valence-corrected chi connectivity index (χ4v) is 3.37. The first-order valence-corrected chi connectivity index (χ1v) is 8.88. The molecule has 130 valence electrons. The van der Waals surface area contributed by atoms with Gasteiger partial charge in [0.25, 0.3) is 0 Å². The number of rotatable bonds is 7. The molecule has 10 heteroatoms. The number of nitrogens with one attached hydrogen (secondary N) is 2. The van der Waals surface area contributed by atoms with Gasteiger partial charge in [0.05, 0.1) is 24.2 Å². The Morgan fingerprint density at radius 2 is 2.16 bits per heavy atom. The van der Waals surface area contributed by atoms with Crippen LogP contribution in [-0.4, -0.2) is 21.9 Å². The van der Waals surface area contributed by atoms with E-state index in [1.807, 2.05) is 6.07 Å². The third-order valence-electron chi connectivity index (χ3n) is 2.93. The van der Waals surface area contributed by atoms with E-state index in [2.05, 4.69) is 20.8 Å². The molecule has 0 aliphatic rings. The van der Waals surface area contributed by atoms with Crippen LogP contribution in [0, 0.1) is 11.6 Å². The van der Waals surface area contributed by atoms with Crippen LogP contribution in [0.4, 0.5) is 19.6 Å². The molecule has 0 saturated heterocycles. The predicted octanol–water partition coefficient (Wildman–Crippen LogP) is 3.75. The van der Waals surface area contributed by atoms with Crippen LogP contribution >= 0.6 is 23.1 Å². The highest BCUT2D eigenvalue weighted by Crippen LogP contribution is 2.26. The molecule has 0 unspecified atom stereocenters. The van der Waals surface area contributed by atoms with Crippen molar-refractivity contribution < 1.29 is 18.0 Å². The quantitative estimate of drug-likeness (QED) is 0.606. The average Bonchev–Trinajstić information content (AvgIpc) is 3.26. The molecular weight excluding hydrogens is 370 g/mol. The Kier molecular flexibility index (Phi) is 5.61. The zero-order valence-corrected chi connectivity index (χ0v) is 14.3. The van der Waals surface area contributed by atoms with Crippen LogP contribution in [0.5, 0.6) is 0 Å². The molecule has 0 fully saturated rings. The maximum absolute atomic E-state index is 13.5. The number of halogens is 2. The fraction of sp³-hybridized carbons (Fsp3) is 0.133. The zero-order chi connectivity index (χ0) is 17.6. The van der Waals surface area contributed by atoms with Crippen molar-refractivity contribution >= 4 is 39.8 Å². The molecular formula is C15H12F2N4O2S2. The number of carbonyl (C=O) groups excluding carboxylic acids is 1. The standard InChI is InChI=1S/C15H12F2N4O2S2/c16-9-3-4-11(17)12(6-9)19-13(22)8-24-15-21-20-14(25-15)18-7-10-2-1-5-23-10/h1-6H,7-8H2,(H,18,20)(H,19,22). The molecule has 0 aliphatic heterocycles.